The van der Waals surface area contributed by atoms with Gasteiger partial charge in [0.25, 0.3) is 0 Å². The van der Waals surface area contributed by atoms with Gasteiger partial charge in [-0.15, -0.1) is 0 Å². The monoisotopic (exact) mass is 325 g/mol. The van der Waals surface area contributed by atoms with Gasteiger partial charge in [-0.2, -0.15) is 0 Å². The molecule has 1 N–H and O–H groups in total. The van der Waals surface area contributed by atoms with Crippen LogP contribution in [0, 0.1) is 0 Å². The van der Waals surface area contributed by atoms with Gasteiger partial charge < -0.3 is 5.32 Å². The minimum absolute atomic E-state index is 0.290. The zero-order valence-corrected chi connectivity index (χ0v) is 15.6. The van der Waals surface area contributed by atoms with Gasteiger partial charge in [-0.05, 0) is 56.2 Å². The van der Waals surface area contributed by atoms with Gasteiger partial charge in [0.1, 0.15) is 0 Å². The summed E-state index contributed by atoms with van der Waals surface area (Å²) in [5.74, 6) is 0. The Morgan fingerprint density at radius 3 is 2.50 bits per heavy atom. The van der Waals surface area contributed by atoms with E-state index in [1.807, 2.05) is 0 Å². The van der Waals surface area contributed by atoms with Gasteiger partial charge >= 0.3 is 0 Å². The molecule has 1 saturated heterocycles. The molecular formula is C21H31N3. The van der Waals surface area contributed by atoms with Crippen molar-refractivity contribution in [1.82, 2.24) is 15.1 Å². The van der Waals surface area contributed by atoms with Crippen LogP contribution >= 0.6 is 0 Å². The number of hydrogen-bond acceptors (Lipinski definition) is 3. The molecule has 24 heavy (non-hydrogen) atoms. The molecule has 0 unspecified atom stereocenters. The fourth-order valence-corrected chi connectivity index (χ4v) is 3.58. The van der Waals surface area contributed by atoms with E-state index < -0.39 is 0 Å². The number of rotatable bonds is 3. The Bertz CT molecular complexity index is 629. The molecule has 0 spiro atoms. The zero-order valence-electron chi connectivity index (χ0n) is 15.6. The summed E-state index contributed by atoms with van der Waals surface area (Å²) in [6.45, 7) is 15.7. The van der Waals surface area contributed by atoms with E-state index in [9.17, 15) is 0 Å². The van der Waals surface area contributed by atoms with Crippen molar-refractivity contribution in [1.29, 1.82) is 0 Å². The SMILES string of the molecule is CC1=CNCC(c2cccc(CN3CCN(C(C)(C)C)CC3)c2)=C1. The third kappa shape index (κ3) is 4.28. The van der Waals surface area contributed by atoms with Crippen molar-refractivity contribution in [3.8, 4) is 0 Å². The lowest BCUT2D eigenvalue weighted by Crippen LogP contribution is -2.53. The second-order valence-corrected chi connectivity index (χ2v) is 8.07. The summed E-state index contributed by atoms with van der Waals surface area (Å²) < 4.78 is 0. The summed E-state index contributed by atoms with van der Waals surface area (Å²) >= 11 is 0. The lowest BCUT2D eigenvalue weighted by Gasteiger charge is -2.42. The topological polar surface area (TPSA) is 18.5 Å². The van der Waals surface area contributed by atoms with Gasteiger partial charge in [0.2, 0.25) is 0 Å². The molecule has 1 aromatic rings. The molecule has 0 aromatic heterocycles. The van der Waals surface area contributed by atoms with Crippen LogP contribution in [0.2, 0.25) is 0 Å². The molecule has 1 aromatic carbocycles. The van der Waals surface area contributed by atoms with Crippen LogP contribution in [0.1, 0.15) is 38.8 Å². The highest BCUT2D eigenvalue weighted by Gasteiger charge is 2.25. The van der Waals surface area contributed by atoms with Crippen LogP contribution < -0.4 is 5.32 Å². The number of piperazine rings is 1. The number of allylic oxidation sites excluding steroid dienone is 2. The van der Waals surface area contributed by atoms with E-state index >= 15 is 0 Å². The van der Waals surface area contributed by atoms with Gasteiger partial charge in [0.15, 0.2) is 0 Å². The molecule has 3 nitrogen and oxygen atoms in total. The molecular weight excluding hydrogens is 294 g/mol. The summed E-state index contributed by atoms with van der Waals surface area (Å²) in [5.41, 5.74) is 5.73. The zero-order chi connectivity index (χ0) is 17.2. The first-order valence-corrected chi connectivity index (χ1v) is 9.09. The minimum Gasteiger partial charge on any atom is -0.387 e. The average Bonchev–Trinajstić information content (AvgIpc) is 2.55. The van der Waals surface area contributed by atoms with Gasteiger partial charge in [0, 0.05) is 44.8 Å². The molecule has 2 heterocycles. The molecule has 0 bridgehead atoms. The van der Waals surface area contributed by atoms with Crippen LogP contribution in [0.4, 0.5) is 0 Å². The Morgan fingerprint density at radius 2 is 1.83 bits per heavy atom. The number of dihydropyridines is 1. The maximum Gasteiger partial charge on any atom is 0.0401 e. The van der Waals surface area contributed by atoms with Crippen LogP contribution in [0.15, 0.2) is 42.1 Å². The number of nitrogens with zero attached hydrogens (tertiary/aromatic N) is 2. The summed E-state index contributed by atoms with van der Waals surface area (Å²) in [6, 6.07) is 9.05. The van der Waals surface area contributed by atoms with Gasteiger partial charge in [0.05, 0.1) is 0 Å². The molecule has 0 amide bonds. The van der Waals surface area contributed by atoms with Crippen molar-refractivity contribution >= 4 is 5.57 Å². The second kappa shape index (κ2) is 7.12. The smallest absolute Gasteiger partial charge is 0.0401 e. The first kappa shape index (κ1) is 17.2. The summed E-state index contributed by atoms with van der Waals surface area (Å²) in [7, 11) is 0. The van der Waals surface area contributed by atoms with Gasteiger partial charge in [-0.25, -0.2) is 0 Å². The summed E-state index contributed by atoms with van der Waals surface area (Å²) in [6.07, 6.45) is 4.37. The van der Waals surface area contributed by atoms with Crippen molar-refractivity contribution in [3.63, 3.8) is 0 Å². The number of benzene rings is 1. The highest BCUT2D eigenvalue weighted by Crippen LogP contribution is 2.21. The lowest BCUT2D eigenvalue weighted by atomic mass is 9.99. The molecule has 0 atom stereocenters. The standard InChI is InChI=1S/C21H31N3/c1-17-12-20(15-22-14-17)19-7-5-6-18(13-19)16-23-8-10-24(11-9-23)21(2,3)4/h5-7,12-14,22H,8-11,15-16H2,1-4H3. The molecule has 3 heteroatoms. The predicted octanol–water partition coefficient (Wildman–Crippen LogP) is 3.49. The first-order chi connectivity index (χ1) is 11.4. The van der Waals surface area contributed by atoms with Crippen LogP contribution in [0.5, 0.6) is 0 Å². The van der Waals surface area contributed by atoms with Crippen LogP contribution in [-0.4, -0.2) is 48.1 Å². The average molecular weight is 326 g/mol. The highest BCUT2D eigenvalue weighted by molar-refractivity contribution is 5.71. The highest BCUT2D eigenvalue weighted by atomic mass is 15.3. The normalized spacial score (nSPS) is 20.3. The Balaban J connectivity index is 1.63. The van der Waals surface area contributed by atoms with Crippen molar-refractivity contribution in [3.05, 3.63) is 53.2 Å². The van der Waals surface area contributed by atoms with E-state index in [0.717, 1.165) is 26.2 Å². The summed E-state index contributed by atoms with van der Waals surface area (Å²) in [5, 5.41) is 3.36. The van der Waals surface area contributed by atoms with E-state index in [-0.39, 0.29) is 5.54 Å². The van der Waals surface area contributed by atoms with E-state index in [1.165, 1.54) is 35.4 Å². The maximum atomic E-state index is 3.36. The van der Waals surface area contributed by atoms with Crippen molar-refractivity contribution < 1.29 is 0 Å². The summed E-state index contributed by atoms with van der Waals surface area (Å²) in [4.78, 5) is 5.17. The van der Waals surface area contributed by atoms with Crippen molar-refractivity contribution in [2.75, 3.05) is 32.7 Å². The number of nitrogens with one attached hydrogen (secondary N) is 1. The van der Waals surface area contributed by atoms with E-state index in [1.54, 1.807) is 0 Å². The molecule has 0 saturated carbocycles. The quantitative estimate of drug-likeness (QED) is 0.918. The largest absolute Gasteiger partial charge is 0.387 e. The van der Waals surface area contributed by atoms with Crippen LogP contribution in [-0.2, 0) is 6.54 Å². The third-order valence-corrected chi connectivity index (χ3v) is 5.05. The number of hydrogen-bond donors (Lipinski definition) is 1. The van der Waals surface area contributed by atoms with E-state index in [0.29, 0.717) is 0 Å². The second-order valence-electron chi connectivity index (χ2n) is 8.07. The Kier molecular flexibility index (Phi) is 5.12. The Morgan fingerprint density at radius 1 is 1.08 bits per heavy atom. The predicted molar refractivity (Wildman–Crippen MR) is 103 cm³/mol. The Hall–Kier alpha value is -1.58. The first-order valence-electron chi connectivity index (χ1n) is 9.09. The minimum atomic E-state index is 0.290. The molecule has 3 rings (SSSR count). The molecule has 2 aliphatic heterocycles. The third-order valence-electron chi connectivity index (χ3n) is 5.05. The fourth-order valence-electron chi connectivity index (χ4n) is 3.58. The maximum absolute atomic E-state index is 3.36. The molecule has 1 fully saturated rings. The molecule has 0 aliphatic carbocycles. The van der Waals surface area contributed by atoms with E-state index in [2.05, 4.69) is 79.4 Å². The molecule has 0 radical (unpaired) electrons. The molecule has 2 aliphatic rings. The van der Waals surface area contributed by atoms with Crippen LogP contribution in [0.25, 0.3) is 5.57 Å². The van der Waals surface area contributed by atoms with Gasteiger partial charge in [-0.1, -0.05) is 30.3 Å². The Labute approximate surface area is 147 Å². The molecule has 130 valence electrons. The van der Waals surface area contributed by atoms with Crippen molar-refractivity contribution in [2.24, 2.45) is 0 Å². The van der Waals surface area contributed by atoms with Crippen LogP contribution in [0.3, 0.4) is 0 Å². The fraction of sp³-hybridized carbons (Fsp3) is 0.524. The van der Waals surface area contributed by atoms with Crippen molar-refractivity contribution in [2.45, 2.75) is 39.8 Å². The van der Waals surface area contributed by atoms with Gasteiger partial charge in [-0.3, -0.25) is 9.80 Å². The van der Waals surface area contributed by atoms with E-state index in [4.69, 9.17) is 0 Å². The lowest BCUT2D eigenvalue weighted by molar-refractivity contribution is 0.0591.